The lowest BCUT2D eigenvalue weighted by atomic mass is 10.0. The summed E-state index contributed by atoms with van der Waals surface area (Å²) in [5.41, 5.74) is 7.21. The minimum atomic E-state index is 0.0556. The highest BCUT2D eigenvalue weighted by Crippen LogP contribution is 2.23. The van der Waals surface area contributed by atoms with Gasteiger partial charge in [0.1, 0.15) is 5.69 Å². The van der Waals surface area contributed by atoms with E-state index in [9.17, 15) is 0 Å². The Balaban J connectivity index is 2.06. The van der Waals surface area contributed by atoms with Crippen LogP contribution in [0.25, 0.3) is 0 Å². The van der Waals surface area contributed by atoms with Crippen LogP contribution < -0.4 is 5.73 Å². The smallest absolute Gasteiger partial charge is 0.188 e. The largest absolute Gasteiger partial charge is 0.409 e. The maximum absolute atomic E-state index is 8.65. The van der Waals surface area contributed by atoms with E-state index in [0.717, 1.165) is 37.0 Å². The van der Waals surface area contributed by atoms with E-state index in [0.29, 0.717) is 5.69 Å². The average molecular weight is 248 g/mol. The summed E-state index contributed by atoms with van der Waals surface area (Å²) in [5, 5.41) is 11.6. The molecule has 3 N–H and O–H groups in total. The Morgan fingerprint density at radius 3 is 2.78 bits per heavy atom. The molecule has 98 valence electrons. The normalized spacial score (nSPS) is 25.6. The molecule has 0 bridgehead atoms. The maximum atomic E-state index is 8.65. The van der Waals surface area contributed by atoms with Crippen molar-refractivity contribution in [3.63, 3.8) is 0 Å². The second kappa shape index (κ2) is 5.35. The minimum absolute atomic E-state index is 0.0556. The summed E-state index contributed by atoms with van der Waals surface area (Å²) >= 11 is 0. The molecule has 0 spiro atoms. The van der Waals surface area contributed by atoms with Crippen LogP contribution in [0.5, 0.6) is 0 Å². The van der Waals surface area contributed by atoms with Gasteiger partial charge >= 0.3 is 0 Å². The number of pyridine rings is 1. The molecule has 1 aliphatic rings. The summed E-state index contributed by atoms with van der Waals surface area (Å²) in [6.07, 6.45) is 1.70. The van der Waals surface area contributed by atoms with Crippen molar-refractivity contribution >= 4 is 5.84 Å². The topological polar surface area (TPSA) is 74.7 Å². The molecule has 2 atom stereocenters. The van der Waals surface area contributed by atoms with Gasteiger partial charge in [-0.1, -0.05) is 19.0 Å². The second-order valence-corrected chi connectivity index (χ2v) is 5.18. The molecule has 18 heavy (non-hydrogen) atoms. The highest BCUT2D eigenvalue weighted by molar-refractivity contribution is 5.95. The molecule has 5 heteroatoms. The van der Waals surface area contributed by atoms with Crippen LogP contribution in [-0.4, -0.2) is 34.0 Å². The van der Waals surface area contributed by atoms with Gasteiger partial charge < -0.3 is 10.9 Å². The monoisotopic (exact) mass is 248 g/mol. The molecule has 0 aliphatic carbocycles. The van der Waals surface area contributed by atoms with Crippen molar-refractivity contribution in [1.29, 1.82) is 0 Å². The maximum Gasteiger partial charge on any atom is 0.188 e. The summed E-state index contributed by atoms with van der Waals surface area (Å²) in [7, 11) is 0. The van der Waals surface area contributed by atoms with E-state index in [1.54, 1.807) is 6.20 Å². The molecule has 1 aliphatic heterocycles. The Morgan fingerprint density at radius 2 is 2.17 bits per heavy atom. The average Bonchev–Trinajstić information content (AvgIpc) is 2.67. The minimum Gasteiger partial charge on any atom is -0.409 e. The van der Waals surface area contributed by atoms with Gasteiger partial charge in [-0.25, -0.2) is 0 Å². The highest BCUT2D eigenvalue weighted by Gasteiger charge is 2.25. The van der Waals surface area contributed by atoms with Gasteiger partial charge in [0.2, 0.25) is 0 Å². The standard InChI is InChI=1S/C13H20N4O/c1-9-6-17(7-10(9)2)8-11-3-4-15-12(5-11)13(14)16-18/h3-5,9-10,18H,6-8H2,1-2H3,(H2,14,16). The first-order valence-corrected chi connectivity index (χ1v) is 6.25. The predicted molar refractivity (Wildman–Crippen MR) is 70.4 cm³/mol. The van der Waals surface area contributed by atoms with Gasteiger partial charge in [0.15, 0.2) is 5.84 Å². The number of oxime groups is 1. The van der Waals surface area contributed by atoms with Crippen molar-refractivity contribution < 1.29 is 5.21 Å². The van der Waals surface area contributed by atoms with Crippen molar-refractivity contribution in [1.82, 2.24) is 9.88 Å². The molecule has 0 aromatic carbocycles. The third kappa shape index (κ3) is 2.79. The molecule has 1 fully saturated rings. The number of nitrogens with two attached hydrogens (primary N) is 1. The predicted octanol–water partition coefficient (Wildman–Crippen LogP) is 1.26. The Hall–Kier alpha value is -1.62. The summed E-state index contributed by atoms with van der Waals surface area (Å²) in [5.74, 6) is 1.55. The Kier molecular flexibility index (Phi) is 3.81. The van der Waals surface area contributed by atoms with Gasteiger partial charge in [-0.15, -0.1) is 0 Å². The first kappa shape index (κ1) is 12.8. The number of likely N-dealkylation sites (tertiary alicyclic amines) is 1. The fourth-order valence-electron chi connectivity index (χ4n) is 2.40. The van der Waals surface area contributed by atoms with E-state index in [2.05, 4.69) is 28.9 Å². The molecule has 2 rings (SSSR count). The van der Waals surface area contributed by atoms with E-state index < -0.39 is 0 Å². The van der Waals surface area contributed by atoms with E-state index >= 15 is 0 Å². The molecular weight excluding hydrogens is 228 g/mol. The zero-order chi connectivity index (χ0) is 13.1. The van der Waals surface area contributed by atoms with Gasteiger partial charge in [0.05, 0.1) is 0 Å². The summed E-state index contributed by atoms with van der Waals surface area (Å²) in [6, 6.07) is 3.85. The lowest BCUT2D eigenvalue weighted by molar-refractivity contribution is 0.315. The zero-order valence-corrected chi connectivity index (χ0v) is 10.9. The molecule has 0 saturated carbocycles. The fourth-order valence-corrected chi connectivity index (χ4v) is 2.40. The van der Waals surface area contributed by atoms with Crippen molar-refractivity contribution in [3.8, 4) is 0 Å². The van der Waals surface area contributed by atoms with Crippen LogP contribution in [0.2, 0.25) is 0 Å². The van der Waals surface area contributed by atoms with Gasteiger partial charge in [0.25, 0.3) is 0 Å². The van der Waals surface area contributed by atoms with Crippen LogP contribution >= 0.6 is 0 Å². The quantitative estimate of drug-likeness (QED) is 0.365. The second-order valence-electron chi connectivity index (χ2n) is 5.18. The van der Waals surface area contributed by atoms with Crippen molar-refractivity contribution in [2.24, 2.45) is 22.7 Å². The Morgan fingerprint density at radius 1 is 1.50 bits per heavy atom. The SMILES string of the molecule is CC1CN(Cc2ccnc(C(N)=NO)c2)CC1C. The molecule has 2 heterocycles. The number of nitrogens with zero attached hydrogens (tertiary/aromatic N) is 3. The van der Waals surface area contributed by atoms with E-state index in [-0.39, 0.29) is 5.84 Å². The van der Waals surface area contributed by atoms with Gasteiger partial charge in [-0.05, 0) is 29.5 Å². The van der Waals surface area contributed by atoms with Crippen LogP contribution in [0.1, 0.15) is 25.1 Å². The third-order valence-corrected chi connectivity index (χ3v) is 3.66. The van der Waals surface area contributed by atoms with Crippen LogP contribution in [0.4, 0.5) is 0 Å². The molecule has 0 amide bonds. The van der Waals surface area contributed by atoms with Gasteiger partial charge in [0, 0.05) is 25.8 Å². The fraction of sp³-hybridized carbons (Fsp3) is 0.538. The summed E-state index contributed by atoms with van der Waals surface area (Å²) < 4.78 is 0. The number of aromatic nitrogens is 1. The van der Waals surface area contributed by atoms with Gasteiger partial charge in [-0.3, -0.25) is 9.88 Å². The van der Waals surface area contributed by atoms with Crippen LogP contribution in [0, 0.1) is 11.8 Å². The van der Waals surface area contributed by atoms with E-state index in [4.69, 9.17) is 10.9 Å². The molecule has 5 nitrogen and oxygen atoms in total. The number of hydrogen-bond acceptors (Lipinski definition) is 4. The summed E-state index contributed by atoms with van der Waals surface area (Å²) in [4.78, 5) is 6.51. The molecule has 0 radical (unpaired) electrons. The lowest BCUT2D eigenvalue weighted by Gasteiger charge is -2.15. The molecule has 1 aromatic rings. The first-order chi connectivity index (χ1) is 8.60. The summed E-state index contributed by atoms with van der Waals surface area (Å²) in [6.45, 7) is 7.73. The Labute approximate surface area is 107 Å². The van der Waals surface area contributed by atoms with E-state index in [1.807, 2.05) is 12.1 Å². The van der Waals surface area contributed by atoms with Crippen molar-refractivity contribution in [3.05, 3.63) is 29.6 Å². The number of hydrogen-bond donors (Lipinski definition) is 2. The third-order valence-electron chi connectivity index (χ3n) is 3.66. The van der Waals surface area contributed by atoms with Crippen molar-refractivity contribution in [2.45, 2.75) is 20.4 Å². The van der Waals surface area contributed by atoms with Gasteiger partial charge in [-0.2, -0.15) is 0 Å². The number of amidine groups is 1. The Bertz CT molecular complexity index is 436. The van der Waals surface area contributed by atoms with Crippen LogP contribution in [-0.2, 0) is 6.54 Å². The van der Waals surface area contributed by atoms with Crippen LogP contribution in [0.15, 0.2) is 23.5 Å². The zero-order valence-electron chi connectivity index (χ0n) is 10.9. The van der Waals surface area contributed by atoms with Crippen LogP contribution in [0.3, 0.4) is 0 Å². The van der Waals surface area contributed by atoms with Crippen molar-refractivity contribution in [2.75, 3.05) is 13.1 Å². The molecule has 2 unspecified atom stereocenters. The highest BCUT2D eigenvalue weighted by atomic mass is 16.4. The van der Waals surface area contributed by atoms with E-state index in [1.165, 1.54) is 0 Å². The first-order valence-electron chi connectivity index (χ1n) is 6.25. The number of rotatable bonds is 3. The molecule has 1 saturated heterocycles. The molecule has 1 aromatic heterocycles. The molecular formula is C13H20N4O. The lowest BCUT2D eigenvalue weighted by Crippen LogP contribution is -2.21.